The van der Waals surface area contributed by atoms with Gasteiger partial charge in [0, 0.05) is 5.56 Å². The third-order valence-corrected chi connectivity index (χ3v) is 5.76. The van der Waals surface area contributed by atoms with Crippen LogP contribution in [0.2, 0.25) is 0 Å². The molecule has 1 N–H and O–H groups in total. The summed E-state index contributed by atoms with van der Waals surface area (Å²) in [7, 11) is 1.34. The Balaban J connectivity index is 1.97. The number of likely N-dealkylation sites (tertiary alicyclic amines) is 1. The molecular weight excluding hydrogens is 357 g/mol. The number of piperidine rings is 1. The van der Waals surface area contributed by atoms with E-state index in [1.165, 1.54) is 19.2 Å². The van der Waals surface area contributed by atoms with E-state index < -0.39 is 5.92 Å². The molecule has 0 radical (unpaired) electrons. The van der Waals surface area contributed by atoms with Gasteiger partial charge < -0.3 is 9.84 Å². The molecule has 0 spiro atoms. The Morgan fingerprint density at radius 2 is 1.75 bits per heavy atom. The molecular formula is C23H28FNO3. The highest BCUT2D eigenvalue weighted by molar-refractivity contribution is 5.78. The van der Waals surface area contributed by atoms with Crippen LogP contribution in [0.1, 0.15) is 55.3 Å². The van der Waals surface area contributed by atoms with Crippen molar-refractivity contribution in [1.82, 2.24) is 4.90 Å². The first kappa shape index (κ1) is 20.3. The van der Waals surface area contributed by atoms with E-state index >= 15 is 0 Å². The summed E-state index contributed by atoms with van der Waals surface area (Å²) in [5, 5.41) is 10.6. The monoisotopic (exact) mass is 385 g/mol. The van der Waals surface area contributed by atoms with Crippen LogP contribution in [0.3, 0.4) is 0 Å². The zero-order chi connectivity index (χ0) is 20.3. The summed E-state index contributed by atoms with van der Waals surface area (Å²) >= 11 is 0. The molecule has 1 aliphatic rings. The standard InChI is InChI=1S/C23H28FNO3/c1-15-10-12-25(13-11-15)22(17-4-7-19(24)8-5-17)18-6-9-20(21(26)14-18)16(2)23(27)28-3/h4-9,14-16,22,26H,10-13H2,1-3H3. The SMILES string of the molecule is COC(=O)C(C)c1ccc(C(c2ccc(F)cc2)N2CCC(C)CC2)cc1O. The third-order valence-electron chi connectivity index (χ3n) is 5.76. The topological polar surface area (TPSA) is 49.8 Å². The molecule has 0 aliphatic carbocycles. The number of hydrogen-bond donors (Lipinski definition) is 1. The number of carbonyl (C=O) groups is 1. The van der Waals surface area contributed by atoms with Gasteiger partial charge in [0.25, 0.3) is 0 Å². The predicted octanol–water partition coefficient (Wildman–Crippen LogP) is 4.63. The van der Waals surface area contributed by atoms with E-state index in [2.05, 4.69) is 11.8 Å². The van der Waals surface area contributed by atoms with Crippen molar-refractivity contribution in [2.75, 3.05) is 20.2 Å². The molecule has 0 aromatic heterocycles. The van der Waals surface area contributed by atoms with Gasteiger partial charge in [-0.15, -0.1) is 0 Å². The fraction of sp³-hybridized carbons (Fsp3) is 0.435. The first-order valence-electron chi connectivity index (χ1n) is 9.81. The number of carbonyl (C=O) groups excluding carboxylic acids is 1. The van der Waals surface area contributed by atoms with Gasteiger partial charge >= 0.3 is 5.97 Å². The zero-order valence-electron chi connectivity index (χ0n) is 16.7. The van der Waals surface area contributed by atoms with Crippen LogP contribution in [-0.2, 0) is 9.53 Å². The van der Waals surface area contributed by atoms with Crippen molar-refractivity contribution in [3.05, 3.63) is 65.0 Å². The fourth-order valence-corrected chi connectivity index (χ4v) is 3.95. The van der Waals surface area contributed by atoms with Gasteiger partial charge in [-0.25, -0.2) is 4.39 Å². The van der Waals surface area contributed by atoms with E-state index in [9.17, 15) is 14.3 Å². The largest absolute Gasteiger partial charge is 0.508 e. The molecule has 150 valence electrons. The Morgan fingerprint density at radius 3 is 2.32 bits per heavy atom. The normalized spacial score (nSPS) is 17.9. The Hall–Kier alpha value is -2.40. The van der Waals surface area contributed by atoms with Crippen LogP contribution in [0.15, 0.2) is 42.5 Å². The van der Waals surface area contributed by atoms with Gasteiger partial charge in [0.2, 0.25) is 0 Å². The second-order valence-electron chi connectivity index (χ2n) is 7.74. The van der Waals surface area contributed by atoms with Gasteiger partial charge in [0.15, 0.2) is 0 Å². The Labute approximate surface area is 165 Å². The molecule has 1 fully saturated rings. The van der Waals surface area contributed by atoms with Crippen molar-refractivity contribution in [2.24, 2.45) is 5.92 Å². The number of phenolic OH excluding ortho intramolecular Hbond substituents is 1. The number of benzene rings is 2. The summed E-state index contributed by atoms with van der Waals surface area (Å²) < 4.78 is 18.3. The number of phenols is 1. The molecule has 2 aromatic rings. The smallest absolute Gasteiger partial charge is 0.312 e. The second kappa shape index (κ2) is 8.74. The lowest BCUT2D eigenvalue weighted by atomic mass is 9.90. The average molecular weight is 385 g/mol. The minimum absolute atomic E-state index is 0.0681. The van der Waals surface area contributed by atoms with Gasteiger partial charge in [-0.1, -0.05) is 31.2 Å². The number of ether oxygens (including phenoxy) is 1. The van der Waals surface area contributed by atoms with Crippen LogP contribution < -0.4 is 0 Å². The summed E-state index contributed by atoms with van der Waals surface area (Å²) in [5.41, 5.74) is 2.46. The fourth-order valence-electron chi connectivity index (χ4n) is 3.95. The molecule has 3 rings (SSSR count). The van der Waals surface area contributed by atoms with E-state index in [1.807, 2.05) is 6.07 Å². The predicted molar refractivity (Wildman–Crippen MR) is 107 cm³/mol. The molecule has 0 bridgehead atoms. The maximum atomic E-state index is 13.5. The molecule has 0 saturated carbocycles. The minimum atomic E-state index is -0.542. The Kier molecular flexibility index (Phi) is 6.35. The van der Waals surface area contributed by atoms with Crippen LogP contribution in [0, 0.1) is 11.7 Å². The average Bonchev–Trinajstić information content (AvgIpc) is 2.70. The summed E-state index contributed by atoms with van der Waals surface area (Å²) in [6, 6.07) is 11.9. The lowest BCUT2D eigenvalue weighted by molar-refractivity contribution is -0.142. The first-order chi connectivity index (χ1) is 13.4. The third kappa shape index (κ3) is 4.36. The molecule has 28 heavy (non-hydrogen) atoms. The molecule has 5 heteroatoms. The van der Waals surface area contributed by atoms with Crippen molar-refractivity contribution >= 4 is 5.97 Å². The van der Waals surface area contributed by atoms with Crippen molar-refractivity contribution < 1.29 is 19.0 Å². The van der Waals surface area contributed by atoms with Crippen LogP contribution in [0.5, 0.6) is 5.75 Å². The van der Waals surface area contributed by atoms with E-state index in [0.717, 1.165) is 37.1 Å². The summed E-state index contributed by atoms with van der Waals surface area (Å²) in [5.74, 6) is -0.420. The molecule has 1 saturated heterocycles. The molecule has 1 heterocycles. The van der Waals surface area contributed by atoms with Gasteiger partial charge in [-0.2, -0.15) is 0 Å². The van der Waals surface area contributed by atoms with Gasteiger partial charge in [-0.3, -0.25) is 9.69 Å². The number of nitrogens with zero attached hydrogens (tertiary/aromatic N) is 1. The summed E-state index contributed by atoms with van der Waals surface area (Å²) in [6.07, 6.45) is 2.22. The lowest BCUT2D eigenvalue weighted by Gasteiger charge is -2.37. The maximum absolute atomic E-state index is 13.5. The highest BCUT2D eigenvalue weighted by atomic mass is 19.1. The maximum Gasteiger partial charge on any atom is 0.312 e. The molecule has 4 nitrogen and oxygen atoms in total. The Bertz CT molecular complexity index is 813. The summed E-state index contributed by atoms with van der Waals surface area (Å²) in [4.78, 5) is 14.2. The summed E-state index contributed by atoms with van der Waals surface area (Å²) in [6.45, 7) is 5.87. The van der Waals surface area contributed by atoms with Crippen LogP contribution in [0.25, 0.3) is 0 Å². The van der Waals surface area contributed by atoms with Crippen molar-refractivity contribution in [3.63, 3.8) is 0 Å². The number of halogens is 1. The molecule has 0 amide bonds. The van der Waals surface area contributed by atoms with Crippen LogP contribution in [-0.4, -0.2) is 36.2 Å². The minimum Gasteiger partial charge on any atom is -0.508 e. The van der Waals surface area contributed by atoms with Crippen LogP contribution >= 0.6 is 0 Å². The number of methoxy groups -OCH3 is 1. The van der Waals surface area contributed by atoms with E-state index in [4.69, 9.17) is 4.74 Å². The Morgan fingerprint density at radius 1 is 1.14 bits per heavy atom. The van der Waals surface area contributed by atoms with Gasteiger partial charge in [-0.05, 0) is 68.1 Å². The highest BCUT2D eigenvalue weighted by Crippen LogP contribution is 2.36. The van der Waals surface area contributed by atoms with Crippen molar-refractivity contribution in [1.29, 1.82) is 0 Å². The highest BCUT2D eigenvalue weighted by Gasteiger charge is 2.27. The van der Waals surface area contributed by atoms with Crippen LogP contribution in [0.4, 0.5) is 4.39 Å². The molecule has 1 aliphatic heterocycles. The number of aromatic hydroxyl groups is 1. The second-order valence-corrected chi connectivity index (χ2v) is 7.74. The number of esters is 1. The van der Waals surface area contributed by atoms with Crippen molar-refractivity contribution in [2.45, 2.75) is 38.6 Å². The zero-order valence-corrected chi connectivity index (χ0v) is 16.7. The van der Waals surface area contributed by atoms with Crippen molar-refractivity contribution in [3.8, 4) is 5.75 Å². The van der Waals surface area contributed by atoms with Gasteiger partial charge in [0.05, 0.1) is 19.1 Å². The van der Waals surface area contributed by atoms with E-state index in [-0.39, 0.29) is 23.6 Å². The first-order valence-corrected chi connectivity index (χ1v) is 9.81. The molecule has 2 unspecified atom stereocenters. The number of hydrogen-bond acceptors (Lipinski definition) is 4. The van der Waals surface area contributed by atoms with E-state index in [0.29, 0.717) is 11.5 Å². The number of rotatable bonds is 5. The quantitative estimate of drug-likeness (QED) is 0.763. The molecule has 2 aromatic carbocycles. The van der Waals surface area contributed by atoms with Gasteiger partial charge in [0.1, 0.15) is 11.6 Å². The lowest BCUT2D eigenvalue weighted by Crippen LogP contribution is -2.36. The molecule has 2 atom stereocenters. The van der Waals surface area contributed by atoms with E-state index in [1.54, 1.807) is 31.2 Å².